The predicted molar refractivity (Wildman–Crippen MR) is 60.4 cm³/mol. The van der Waals surface area contributed by atoms with Gasteiger partial charge in [-0.25, -0.2) is 4.98 Å². The van der Waals surface area contributed by atoms with Crippen LogP contribution in [0.25, 0.3) is 0 Å². The lowest BCUT2D eigenvalue weighted by Crippen LogP contribution is -2.18. The van der Waals surface area contributed by atoms with Crippen molar-refractivity contribution in [2.24, 2.45) is 0 Å². The van der Waals surface area contributed by atoms with Crippen molar-refractivity contribution in [2.75, 3.05) is 13.2 Å². The molecule has 18 heavy (non-hydrogen) atoms. The van der Waals surface area contributed by atoms with Crippen molar-refractivity contribution >= 4 is 0 Å². The Bertz CT molecular complexity index is 387. The summed E-state index contributed by atoms with van der Waals surface area (Å²) in [4.78, 5) is 4.34. The first kappa shape index (κ1) is 13.4. The molecule has 102 valence electrons. The van der Waals surface area contributed by atoms with Crippen molar-refractivity contribution in [3.05, 3.63) is 17.7 Å². The molecule has 0 aliphatic heterocycles. The lowest BCUT2D eigenvalue weighted by Gasteiger charge is -2.14. The average Bonchev–Trinajstić information content (AvgIpc) is 2.71. The van der Waals surface area contributed by atoms with Crippen molar-refractivity contribution in [3.63, 3.8) is 0 Å². The van der Waals surface area contributed by atoms with E-state index in [1.54, 1.807) is 6.33 Å². The summed E-state index contributed by atoms with van der Waals surface area (Å²) in [6.45, 7) is -0.346. The normalized spacial score (nSPS) is 15.7. The monoisotopic (exact) mass is 262 g/mol. The van der Waals surface area contributed by atoms with Crippen LogP contribution in [0.15, 0.2) is 6.33 Å². The minimum Gasteiger partial charge on any atom is -0.372 e. The van der Waals surface area contributed by atoms with E-state index in [0.29, 0.717) is 13.0 Å². The number of alkyl halides is 3. The van der Waals surface area contributed by atoms with Crippen LogP contribution in [0.5, 0.6) is 0 Å². The molecule has 1 aliphatic rings. The molecule has 1 aromatic rings. The minimum absolute atomic E-state index is 0.131. The third-order valence-electron chi connectivity index (χ3n) is 3.06. The SMILES string of the molecule is FC(F)(F)COCCCn1cnc2c1CCCC2. The van der Waals surface area contributed by atoms with Crippen LogP contribution in [0.3, 0.4) is 0 Å². The Hall–Kier alpha value is -1.04. The highest BCUT2D eigenvalue weighted by molar-refractivity contribution is 5.16. The third-order valence-corrected chi connectivity index (χ3v) is 3.06. The van der Waals surface area contributed by atoms with E-state index in [2.05, 4.69) is 9.72 Å². The summed E-state index contributed by atoms with van der Waals surface area (Å²) in [5.74, 6) is 0. The van der Waals surface area contributed by atoms with E-state index in [0.717, 1.165) is 18.5 Å². The molecule has 1 aromatic heterocycles. The van der Waals surface area contributed by atoms with Crippen LogP contribution in [-0.2, 0) is 24.1 Å². The lowest BCUT2D eigenvalue weighted by molar-refractivity contribution is -0.174. The molecule has 0 radical (unpaired) electrons. The summed E-state index contributed by atoms with van der Waals surface area (Å²) in [5, 5.41) is 0. The summed E-state index contributed by atoms with van der Waals surface area (Å²) in [5.41, 5.74) is 2.40. The molecule has 3 nitrogen and oxygen atoms in total. The number of ether oxygens (including phenoxy) is 1. The van der Waals surface area contributed by atoms with E-state index in [4.69, 9.17) is 0 Å². The lowest BCUT2D eigenvalue weighted by atomic mass is 10.0. The van der Waals surface area contributed by atoms with Crippen molar-refractivity contribution < 1.29 is 17.9 Å². The number of halogens is 3. The molecular weight excluding hydrogens is 245 g/mol. The quantitative estimate of drug-likeness (QED) is 0.763. The van der Waals surface area contributed by atoms with Crippen LogP contribution in [-0.4, -0.2) is 28.9 Å². The fourth-order valence-corrected chi connectivity index (χ4v) is 2.25. The molecule has 0 unspecified atom stereocenters. The molecule has 0 fully saturated rings. The van der Waals surface area contributed by atoms with E-state index in [1.165, 1.54) is 18.5 Å². The molecule has 0 atom stereocenters. The zero-order chi connectivity index (χ0) is 13.0. The first-order chi connectivity index (χ1) is 8.56. The first-order valence-corrected chi connectivity index (χ1v) is 6.23. The molecule has 1 heterocycles. The van der Waals surface area contributed by atoms with E-state index >= 15 is 0 Å². The van der Waals surface area contributed by atoms with Crippen LogP contribution >= 0.6 is 0 Å². The fraction of sp³-hybridized carbons (Fsp3) is 0.750. The average molecular weight is 262 g/mol. The van der Waals surface area contributed by atoms with E-state index < -0.39 is 12.8 Å². The molecule has 0 spiro atoms. The number of hydrogen-bond acceptors (Lipinski definition) is 2. The second-order valence-electron chi connectivity index (χ2n) is 4.56. The van der Waals surface area contributed by atoms with Crippen LogP contribution in [0.2, 0.25) is 0 Å². The van der Waals surface area contributed by atoms with Crippen molar-refractivity contribution in [3.8, 4) is 0 Å². The predicted octanol–water partition coefficient (Wildman–Crippen LogP) is 2.73. The van der Waals surface area contributed by atoms with Gasteiger partial charge in [-0.1, -0.05) is 0 Å². The van der Waals surface area contributed by atoms with Crippen LogP contribution in [0, 0.1) is 0 Å². The van der Waals surface area contributed by atoms with Crippen LogP contribution in [0.1, 0.15) is 30.7 Å². The highest BCUT2D eigenvalue weighted by Crippen LogP contribution is 2.20. The van der Waals surface area contributed by atoms with Gasteiger partial charge in [0, 0.05) is 18.8 Å². The largest absolute Gasteiger partial charge is 0.411 e. The highest BCUT2D eigenvalue weighted by atomic mass is 19.4. The summed E-state index contributed by atoms with van der Waals surface area (Å²) in [7, 11) is 0. The zero-order valence-electron chi connectivity index (χ0n) is 10.2. The Morgan fingerprint density at radius 2 is 2.06 bits per heavy atom. The number of rotatable bonds is 5. The summed E-state index contributed by atoms with van der Waals surface area (Å²) in [6.07, 6.45) is 2.54. The summed E-state index contributed by atoms with van der Waals surface area (Å²) in [6, 6.07) is 0. The summed E-state index contributed by atoms with van der Waals surface area (Å²) >= 11 is 0. The van der Waals surface area contributed by atoms with Gasteiger partial charge in [-0.15, -0.1) is 0 Å². The van der Waals surface area contributed by atoms with Crippen molar-refractivity contribution in [1.29, 1.82) is 0 Å². The molecule has 0 bridgehead atoms. The Morgan fingerprint density at radius 3 is 2.83 bits per heavy atom. The van der Waals surface area contributed by atoms with E-state index in [9.17, 15) is 13.2 Å². The van der Waals surface area contributed by atoms with Crippen LogP contribution in [0.4, 0.5) is 13.2 Å². The number of hydrogen-bond donors (Lipinski definition) is 0. The number of imidazole rings is 1. The number of fused-ring (bicyclic) bond motifs is 1. The Balaban J connectivity index is 1.72. The zero-order valence-corrected chi connectivity index (χ0v) is 10.2. The van der Waals surface area contributed by atoms with Crippen LogP contribution < -0.4 is 0 Å². The van der Waals surface area contributed by atoms with Gasteiger partial charge in [0.2, 0.25) is 0 Å². The van der Waals surface area contributed by atoms with Crippen molar-refractivity contribution in [2.45, 2.75) is 44.8 Å². The van der Waals surface area contributed by atoms with Gasteiger partial charge in [-0.2, -0.15) is 13.2 Å². The highest BCUT2D eigenvalue weighted by Gasteiger charge is 2.27. The third kappa shape index (κ3) is 3.73. The smallest absolute Gasteiger partial charge is 0.372 e. The molecule has 0 N–H and O–H groups in total. The second-order valence-corrected chi connectivity index (χ2v) is 4.56. The molecule has 0 saturated carbocycles. The summed E-state index contributed by atoms with van der Waals surface area (Å²) < 4.78 is 42.2. The van der Waals surface area contributed by atoms with Gasteiger partial charge in [-0.05, 0) is 32.1 Å². The number of aryl methyl sites for hydroxylation is 2. The van der Waals surface area contributed by atoms with E-state index in [-0.39, 0.29) is 6.61 Å². The van der Waals surface area contributed by atoms with Gasteiger partial charge in [0.15, 0.2) is 0 Å². The fourth-order valence-electron chi connectivity index (χ4n) is 2.25. The van der Waals surface area contributed by atoms with E-state index in [1.807, 2.05) is 4.57 Å². The Kier molecular flexibility index (Phi) is 4.27. The molecule has 1 aliphatic carbocycles. The molecule has 0 saturated heterocycles. The topological polar surface area (TPSA) is 27.1 Å². The van der Waals surface area contributed by atoms with Gasteiger partial charge in [-0.3, -0.25) is 0 Å². The molecule has 0 amide bonds. The second kappa shape index (κ2) is 5.73. The van der Waals surface area contributed by atoms with Crippen molar-refractivity contribution in [1.82, 2.24) is 9.55 Å². The minimum atomic E-state index is -4.23. The number of nitrogens with zero attached hydrogens (tertiary/aromatic N) is 2. The first-order valence-electron chi connectivity index (χ1n) is 6.23. The standard InChI is InChI=1S/C12H17F3N2O/c13-12(14,15)8-18-7-3-6-17-9-16-10-4-1-2-5-11(10)17/h9H,1-8H2. The van der Waals surface area contributed by atoms with Gasteiger partial charge in [0.05, 0.1) is 12.0 Å². The van der Waals surface area contributed by atoms with Gasteiger partial charge in [0.1, 0.15) is 6.61 Å². The molecular formula is C12H17F3N2O. The molecule has 0 aromatic carbocycles. The Labute approximate surface area is 104 Å². The Morgan fingerprint density at radius 1 is 1.28 bits per heavy atom. The molecule has 2 rings (SSSR count). The van der Waals surface area contributed by atoms with Gasteiger partial charge >= 0.3 is 6.18 Å². The molecule has 6 heteroatoms. The maximum Gasteiger partial charge on any atom is 0.411 e. The van der Waals surface area contributed by atoms with Gasteiger partial charge in [0.25, 0.3) is 0 Å². The maximum atomic E-state index is 11.8. The maximum absolute atomic E-state index is 11.8. The van der Waals surface area contributed by atoms with Gasteiger partial charge < -0.3 is 9.30 Å². The number of aromatic nitrogens is 2.